The van der Waals surface area contributed by atoms with Crippen molar-refractivity contribution < 1.29 is 23.5 Å². The van der Waals surface area contributed by atoms with Gasteiger partial charge >= 0.3 is 5.97 Å². The molecule has 130 valence electrons. The van der Waals surface area contributed by atoms with Gasteiger partial charge in [0.15, 0.2) is 17.3 Å². The molecule has 1 aromatic heterocycles. The van der Waals surface area contributed by atoms with Crippen molar-refractivity contribution in [3.05, 3.63) is 46.3 Å². The first-order valence-corrected chi connectivity index (χ1v) is 8.23. The largest absolute Gasteiger partial charge is 0.490 e. The number of nitrogens with one attached hydrogen (secondary N) is 1. The molecule has 0 atom stereocenters. The van der Waals surface area contributed by atoms with E-state index in [0.29, 0.717) is 22.4 Å². The monoisotopic (exact) mass is 406 g/mol. The highest BCUT2D eigenvalue weighted by Gasteiger charge is 2.16. The van der Waals surface area contributed by atoms with E-state index in [0.717, 1.165) is 0 Å². The first-order chi connectivity index (χ1) is 12.0. The number of halogens is 1. The minimum Gasteiger partial charge on any atom is -0.490 e. The Bertz CT molecular complexity index is 796. The average molecular weight is 407 g/mol. The van der Waals surface area contributed by atoms with Crippen molar-refractivity contribution in [1.29, 1.82) is 5.26 Å². The molecule has 0 aliphatic heterocycles. The van der Waals surface area contributed by atoms with Crippen LogP contribution in [0.2, 0.25) is 0 Å². The van der Waals surface area contributed by atoms with Crippen molar-refractivity contribution in [2.75, 3.05) is 13.2 Å². The second-order valence-corrected chi connectivity index (χ2v) is 5.64. The zero-order chi connectivity index (χ0) is 18.2. The predicted molar refractivity (Wildman–Crippen MR) is 91.3 cm³/mol. The minimum absolute atomic E-state index is 0.0372. The Balaban J connectivity index is 1.96. The van der Waals surface area contributed by atoms with Crippen LogP contribution in [-0.4, -0.2) is 25.0 Å². The fourth-order valence-electron chi connectivity index (χ4n) is 1.93. The van der Waals surface area contributed by atoms with Crippen LogP contribution in [0, 0.1) is 11.3 Å². The van der Waals surface area contributed by atoms with Crippen molar-refractivity contribution in [2.45, 2.75) is 13.3 Å². The molecule has 0 aliphatic carbocycles. The highest BCUT2D eigenvalue weighted by molar-refractivity contribution is 9.10. The number of carbonyl (C=O) groups is 2. The normalized spacial score (nSPS) is 9.96. The number of nitriles is 1. The van der Waals surface area contributed by atoms with Crippen LogP contribution in [0.5, 0.6) is 11.5 Å². The number of rotatable bonds is 7. The summed E-state index contributed by atoms with van der Waals surface area (Å²) in [7, 11) is 0. The average Bonchev–Trinajstić information content (AvgIpc) is 3.12. The van der Waals surface area contributed by atoms with Gasteiger partial charge in [0.05, 0.1) is 35.4 Å². The standard InChI is InChI=1S/C17H15BrN2O5/c1-2-23-14-9-11(10-19)8-12(18)16(14)25-15(21)5-6-20-17(22)13-4-3-7-24-13/h3-4,7-9H,2,5-6H2,1H3,(H,20,22). The Morgan fingerprint density at radius 3 is 2.84 bits per heavy atom. The number of amides is 1. The summed E-state index contributed by atoms with van der Waals surface area (Å²) < 4.78 is 16.1. The number of nitrogens with zero attached hydrogens (tertiary/aromatic N) is 1. The summed E-state index contributed by atoms with van der Waals surface area (Å²) in [5.41, 5.74) is 0.376. The molecular weight excluding hydrogens is 392 g/mol. The van der Waals surface area contributed by atoms with E-state index in [2.05, 4.69) is 21.2 Å². The summed E-state index contributed by atoms with van der Waals surface area (Å²) in [6, 6.07) is 8.15. The number of carbonyl (C=O) groups excluding carboxylic acids is 2. The number of hydrogen-bond donors (Lipinski definition) is 1. The van der Waals surface area contributed by atoms with Crippen LogP contribution in [0.25, 0.3) is 0 Å². The second kappa shape index (κ2) is 8.89. The van der Waals surface area contributed by atoms with Crippen molar-refractivity contribution in [1.82, 2.24) is 5.32 Å². The van der Waals surface area contributed by atoms with Crippen LogP contribution in [0.4, 0.5) is 0 Å². The number of hydrogen-bond acceptors (Lipinski definition) is 6. The van der Waals surface area contributed by atoms with Crippen molar-refractivity contribution in [2.24, 2.45) is 0 Å². The summed E-state index contributed by atoms with van der Waals surface area (Å²) in [6.45, 7) is 2.23. The van der Waals surface area contributed by atoms with Gasteiger partial charge in [-0.2, -0.15) is 5.26 Å². The van der Waals surface area contributed by atoms with Crippen LogP contribution in [-0.2, 0) is 4.79 Å². The van der Waals surface area contributed by atoms with Gasteiger partial charge in [-0.1, -0.05) is 0 Å². The van der Waals surface area contributed by atoms with Gasteiger partial charge in [-0.15, -0.1) is 0 Å². The van der Waals surface area contributed by atoms with E-state index < -0.39 is 11.9 Å². The third kappa shape index (κ3) is 5.09. The van der Waals surface area contributed by atoms with Crippen LogP contribution in [0.1, 0.15) is 29.5 Å². The van der Waals surface area contributed by atoms with Gasteiger partial charge in [-0.25, -0.2) is 0 Å². The van der Waals surface area contributed by atoms with E-state index >= 15 is 0 Å². The number of ether oxygens (including phenoxy) is 2. The number of esters is 1. The Morgan fingerprint density at radius 2 is 2.20 bits per heavy atom. The lowest BCUT2D eigenvalue weighted by molar-refractivity contribution is -0.134. The fraction of sp³-hybridized carbons (Fsp3) is 0.235. The maximum Gasteiger partial charge on any atom is 0.313 e. The molecule has 1 N–H and O–H groups in total. The van der Waals surface area contributed by atoms with Crippen LogP contribution in [0.3, 0.4) is 0 Å². The van der Waals surface area contributed by atoms with E-state index in [1.54, 1.807) is 13.0 Å². The molecule has 0 bridgehead atoms. The quantitative estimate of drug-likeness (QED) is 0.559. The molecule has 1 heterocycles. The molecule has 0 fully saturated rings. The Kier molecular flexibility index (Phi) is 6.60. The van der Waals surface area contributed by atoms with Gasteiger partial charge in [0.1, 0.15) is 0 Å². The number of furan rings is 1. The maximum absolute atomic E-state index is 12.0. The SMILES string of the molecule is CCOc1cc(C#N)cc(Br)c1OC(=O)CCNC(=O)c1ccco1. The molecule has 2 rings (SSSR count). The summed E-state index contributed by atoms with van der Waals surface area (Å²) in [6.07, 6.45) is 1.35. The maximum atomic E-state index is 12.0. The molecular formula is C17H15BrN2O5. The van der Waals surface area contributed by atoms with Gasteiger partial charge < -0.3 is 19.2 Å². The Hall–Kier alpha value is -2.79. The summed E-state index contributed by atoms with van der Waals surface area (Å²) in [4.78, 5) is 23.7. The molecule has 1 amide bonds. The highest BCUT2D eigenvalue weighted by atomic mass is 79.9. The van der Waals surface area contributed by atoms with E-state index in [4.69, 9.17) is 19.2 Å². The van der Waals surface area contributed by atoms with E-state index in [1.807, 2.05) is 6.07 Å². The first kappa shape index (κ1) is 18.5. The van der Waals surface area contributed by atoms with Crippen LogP contribution < -0.4 is 14.8 Å². The molecule has 8 heteroatoms. The minimum atomic E-state index is -0.550. The molecule has 0 unspecified atom stereocenters. The molecule has 0 aliphatic rings. The predicted octanol–water partition coefficient (Wildman–Crippen LogP) is 3.04. The molecule has 0 saturated heterocycles. The Morgan fingerprint density at radius 1 is 1.40 bits per heavy atom. The fourth-order valence-corrected chi connectivity index (χ4v) is 2.46. The Labute approximate surface area is 152 Å². The second-order valence-electron chi connectivity index (χ2n) is 4.79. The first-order valence-electron chi connectivity index (χ1n) is 7.44. The van der Waals surface area contributed by atoms with Crippen molar-refractivity contribution in [3.8, 4) is 17.6 Å². The molecule has 2 aromatic rings. The van der Waals surface area contributed by atoms with E-state index in [1.165, 1.54) is 24.5 Å². The lowest BCUT2D eigenvalue weighted by Crippen LogP contribution is -2.26. The van der Waals surface area contributed by atoms with Gasteiger partial charge in [-0.3, -0.25) is 9.59 Å². The third-order valence-corrected chi connectivity index (χ3v) is 3.60. The molecule has 0 spiro atoms. The van der Waals surface area contributed by atoms with Gasteiger partial charge in [-0.05, 0) is 41.1 Å². The molecule has 0 saturated carbocycles. The summed E-state index contributed by atoms with van der Waals surface area (Å²) >= 11 is 3.26. The topological polar surface area (TPSA) is 102 Å². The smallest absolute Gasteiger partial charge is 0.313 e. The lowest BCUT2D eigenvalue weighted by atomic mass is 10.2. The van der Waals surface area contributed by atoms with Crippen LogP contribution in [0.15, 0.2) is 39.4 Å². The zero-order valence-electron chi connectivity index (χ0n) is 13.4. The van der Waals surface area contributed by atoms with Crippen molar-refractivity contribution in [3.63, 3.8) is 0 Å². The third-order valence-electron chi connectivity index (χ3n) is 3.01. The molecule has 25 heavy (non-hydrogen) atoms. The zero-order valence-corrected chi connectivity index (χ0v) is 15.0. The van der Waals surface area contributed by atoms with Gasteiger partial charge in [0.25, 0.3) is 5.91 Å². The van der Waals surface area contributed by atoms with Gasteiger partial charge in [0.2, 0.25) is 0 Å². The van der Waals surface area contributed by atoms with Crippen molar-refractivity contribution >= 4 is 27.8 Å². The molecule has 0 radical (unpaired) electrons. The summed E-state index contributed by atoms with van der Waals surface area (Å²) in [5, 5.41) is 11.5. The van der Waals surface area contributed by atoms with E-state index in [9.17, 15) is 9.59 Å². The van der Waals surface area contributed by atoms with Gasteiger partial charge in [0, 0.05) is 12.6 Å². The molecule has 1 aromatic carbocycles. The van der Waals surface area contributed by atoms with E-state index in [-0.39, 0.29) is 24.5 Å². The lowest BCUT2D eigenvalue weighted by Gasteiger charge is -2.13. The highest BCUT2D eigenvalue weighted by Crippen LogP contribution is 2.37. The molecule has 7 nitrogen and oxygen atoms in total. The number of benzene rings is 1. The van der Waals surface area contributed by atoms with Crippen LogP contribution >= 0.6 is 15.9 Å². The summed E-state index contributed by atoms with van der Waals surface area (Å²) in [5.74, 6) is -0.301.